The van der Waals surface area contributed by atoms with E-state index in [-0.39, 0.29) is 0 Å². The molecule has 0 bridgehead atoms. The molecule has 0 heterocycles. The second-order valence-corrected chi connectivity index (χ2v) is 6.70. The fourth-order valence-electron chi connectivity index (χ4n) is 1.95. The van der Waals surface area contributed by atoms with Crippen molar-refractivity contribution in [3.8, 4) is 0 Å². The summed E-state index contributed by atoms with van der Waals surface area (Å²) in [4.78, 5) is 0.345. The third kappa shape index (κ3) is 2.35. The van der Waals surface area contributed by atoms with Crippen LogP contribution in [0.2, 0.25) is 10.0 Å². The van der Waals surface area contributed by atoms with Gasteiger partial charge in [-0.3, -0.25) is 0 Å². The molecular weight excluding hydrogens is 295 g/mol. The number of alkyl halides is 1. The number of halogens is 3. The highest BCUT2D eigenvalue weighted by Gasteiger charge is 2.49. The van der Waals surface area contributed by atoms with Crippen LogP contribution in [0.3, 0.4) is 0 Å². The molecule has 2 unspecified atom stereocenters. The summed E-state index contributed by atoms with van der Waals surface area (Å²) in [6.45, 7) is 4.57. The lowest BCUT2D eigenvalue weighted by Crippen LogP contribution is -1.99. The van der Waals surface area contributed by atoms with E-state index in [2.05, 4.69) is 29.8 Å². The van der Waals surface area contributed by atoms with Crippen LogP contribution >= 0.6 is 39.1 Å². The Balaban J connectivity index is 2.23. The monoisotopic (exact) mass is 306 g/mol. The van der Waals surface area contributed by atoms with Crippen molar-refractivity contribution in [3.05, 3.63) is 33.8 Å². The van der Waals surface area contributed by atoms with Gasteiger partial charge >= 0.3 is 0 Å². The van der Waals surface area contributed by atoms with Crippen molar-refractivity contribution in [1.29, 1.82) is 0 Å². The van der Waals surface area contributed by atoms with Crippen LogP contribution in [0, 0.1) is 11.3 Å². The van der Waals surface area contributed by atoms with Crippen molar-refractivity contribution < 1.29 is 0 Å². The summed E-state index contributed by atoms with van der Waals surface area (Å²) in [7, 11) is 0. The molecule has 0 aliphatic heterocycles. The zero-order chi connectivity index (χ0) is 11.2. The number of hydrogen-bond donors (Lipinski definition) is 0. The van der Waals surface area contributed by atoms with E-state index in [9.17, 15) is 0 Å². The van der Waals surface area contributed by atoms with Gasteiger partial charge in [-0.25, -0.2) is 0 Å². The zero-order valence-corrected chi connectivity index (χ0v) is 11.8. The molecule has 0 radical (unpaired) electrons. The fraction of sp³-hybridized carbons (Fsp3) is 0.500. The Hall–Kier alpha value is 0.280. The van der Waals surface area contributed by atoms with Crippen LogP contribution in [0.1, 0.15) is 30.7 Å². The van der Waals surface area contributed by atoms with Crippen molar-refractivity contribution in [2.45, 2.75) is 25.1 Å². The third-order valence-electron chi connectivity index (χ3n) is 3.20. The highest BCUT2D eigenvalue weighted by molar-refractivity contribution is 9.09. The van der Waals surface area contributed by atoms with Gasteiger partial charge in [-0.05, 0) is 35.4 Å². The maximum absolute atomic E-state index is 6.17. The predicted molar refractivity (Wildman–Crippen MR) is 70.0 cm³/mol. The van der Waals surface area contributed by atoms with Gasteiger partial charge in [0.05, 0.1) is 0 Å². The second-order valence-electron chi connectivity index (χ2n) is 4.87. The van der Waals surface area contributed by atoms with Gasteiger partial charge in [-0.1, -0.05) is 59.0 Å². The van der Waals surface area contributed by atoms with Crippen molar-refractivity contribution in [1.82, 2.24) is 0 Å². The third-order valence-corrected chi connectivity index (χ3v) is 4.90. The number of hydrogen-bond acceptors (Lipinski definition) is 0. The molecule has 2 atom stereocenters. The molecule has 0 aromatic heterocycles. The van der Waals surface area contributed by atoms with E-state index in [1.165, 1.54) is 6.42 Å². The lowest BCUT2D eigenvalue weighted by Gasteiger charge is -2.13. The molecule has 0 amide bonds. The minimum absolute atomic E-state index is 0.345. The summed E-state index contributed by atoms with van der Waals surface area (Å²) >= 11 is 15.8. The average Bonchev–Trinajstić information content (AvgIpc) is 2.74. The number of rotatable bonds is 2. The van der Waals surface area contributed by atoms with Crippen LogP contribution in [0.15, 0.2) is 18.2 Å². The maximum atomic E-state index is 6.17. The summed E-state index contributed by atoms with van der Waals surface area (Å²) in [5.41, 5.74) is 1.59. The Labute approximate surface area is 109 Å². The summed E-state index contributed by atoms with van der Waals surface area (Å²) in [5.74, 6) is 0.677. The fourth-order valence-corrected chi connectivity index (χ4v) is 3.91. The van der Waals surface area contributed by atoms with Crippen molar-refractivity contribution in [2.75, 3.05) is 0 Å². The maximum Gasteiger partial charge on any atom is 0.0464 e. The van der Waals surface area contributed by atoms with Crippen molar-refractivity contribution >= 4 is 39.1 Å². The molecule has 15 heavy (non-hydrogen) atoms. The molecule has 0 spiro atoms. The van der Waals surface area contributed by atoms with Gasteiger partial charge < -0.3 is 0 Å². The average molecular weight is 308 g/mol. The van der Waals surface area contributed by atoms with Crippen molar-refractivity contribution in [2.24, 2.45) is 11.3 Å². The van der Waals surface area contributed by atoms with Gasteiger partial charge in [-0.15, -0.1) is 0 Å². The van der Waals surface area contributed by atoms with E-state index in [0.29, 0.717) is 21.2 Å². The van der Waals surface area contributed by atoms with Crippen LogP contribution in [-0.4, -0.2) is 0 Å². The Morgan fingerprint density at radius 2 is 2.00 bits per heavy atom. The SMILES string of the molecule is CC1(C)CC1C(Br)c1ccc(Cl)cc1Cl. The molecule has 1 fully saturated rings. The van der Waals surface area contributed by atoms with Gasteiger partial charge in [0.1, 0.15) is 0 Å². The summed E-state index contributed by atoms with van der Waals surface area (Å²) in [6.07, 6.45) is 1.25. The van der Waals surface area contributed by atoms with E-state index in [1.54, 1.807) is 0 Å². The standard InChI is InChI=1S/C12H13BrCl2/c1-12(2)6-9(12)11(13)8-4-3-7(14)5-10(8)15/h3-5,9,11H,6H2,1-2H3. The molecular formula is C12H13BrCl2. The second kappa shape index (κ2) is 3.94. The molecule has 1 aromatic carbocycles. The molecule has 1 aliphatic carbocycles. The molecule has 0 N–H and O–H groups in total. The lowest BCUT2D eigenvalue weighted by molar-refractivity contribution is 0.555. The van der Waals surface area contributed by atoms with E-state index in [4.69, 9.17) is 23.2 Å². The van der Waals surface area contributed by atoms with Crippen LogP contribution in [0.4, 0.5) is 0 Å². The molecule has 82 valence electrons. The molecule has 1 saturated carbocycles. The zero-order valence-electron chi connectivity index (χ0n) is 8.73. The minimum atomic E-state index is 0.345. The quantitative estimate of drug-likeness (QED) is 0.635. The van der Waals surface area contributed by atoms with Crippen LogP contribution < -0.4 is 0 Å². The van der Waals surface area contributed by atoms with Crippen LogP contribution in [0.5, 0.6) is 0 Å². The first-order valence-corrected chi connectivity index (χ1v) is 6.68. The Morgan fingerprint density at radius 3 is 2.47 bits per heavy atom. The summed E-state index contributed by atoms with van der Waals surface area (Å²) in [6, 6.07) is 5.72. The van der Waals surface area contributed by atoms with E-state index in [0.717, 1.165) is 10.6 Å². The minimum Gasteiger partial charge on any atom is -0.0843 e. The normalized spacial score (nSPS) is 25.0. The Morgan fingerprint density at radius 1 is 1.40 bits per heavy atom. The van der Waals surface area contributed by atoms with Crippen LogP contribution in [0.25, 0.3) is 0 Å². The molecule has 0 nitrogen and oxygen atoms in total. The van der Waals surface area contributed by atoms with Crippen molar-refractivity contribution in [3.63, 3.8) is 0 Å². The first-order chi connectivity index (χ1) is 6.92. The molecule has 2 rings (SSSR count). The van der Waals surface area contributed by atoms with Gasteiger partial charge in [0.2, 0.25) is 0 Å². The highest BCUT2D eigenvalue weighted by Crippen LogP contribution is 2.61. The van der Waals surface area contributed by atoms with E-state index >= 15 is 0 Å². The topological polar surface area (TPSA) is 0 Å². The largest absolute Gasteiger partial charge is 0.0843 e. The molecule has 0 saturated heterocycles. The van der Waals surface area contributed by atoms with Crippen LogP contribution in [-0.2, 0) is 0 Å². The molecule has 3 heteroatoms. The summed E-state index contributed by atoms with van der Waals surface area (Å²) < 4.78 is 0. The Bertz CT molecular complexity index is 387. The lowest BCUT2D eigenvalue weighted by atomic mass is 10.0. The first-order valence-electron chi connectivity index (χ1n) is 5.01. The number of benzene rings is 1. The molecule has 1 aromatic rings. The van der Waals surface area contributed by atoms with Gasteiger partial charge in [0.15, 0.2) is 0 Å². The Kier molecular flexibility index (Phi) is 3.09. The van der Waals surface area contributed by atoms with Gasteiger partial charge in [0, 0.05) is 14.9 Å². The predicted octanol–water partition coefficient (Wildman–Crippen LogP) is 5.48. The smallest absolute Gasteiger partial charge is 0.0464 e. The van der Waals surface area contributed by atoms with E-state index in [1.807, 2.05) is 18.2 Å². The van der Waals surface area contributed by atoms with E-state index < -0.39 is 0 Å². The highest BCUT2D eigenvalue weighted by atomic mass is 79.9. The summed E-state index contributed by atoms with van der Waals surface area (Å²) in [5, 5.41) is 1.45. The van der Waals surface area contributed by atoms with Gasteiger partial charge in [-0.2, -0.15) is 0 Å². The molecule has 1 aliphatic rings. The first kappa shape index (κ1) is 11.8. The van der Waals surface area contributed by atoms with Gasteiger partial charge in [0.25, 0.3) is 0 Å².